The van der Waals surface area contributed by atoms with Gasteiger partial charge in [0, 0.05) is 20.1 Å². The summed E-state index contributed by atoms with van der Waals surface area (Å²) in [6.07, 6.45) is 0.933. The lowest BCUT2D eigenvalue weighted by molar-refractivity contribution is 0.0613. The lowest BCUT2D eigenvalue weighted by Gasteiger charge is -2.05. The van der Waals surface area contributed by atoms with Crippen molar-refractivity contribution in [3.63, 3.8) is 0 Å². The second-order valence-electron chi connectivity index (χ2n) is 4.48. The third kappa shape index (κ3) is 7.00. The summed E-state index contributed by atoms with van der Waals surface area (Å²) in [4.78, 5) is 0. The second kappa shape index (κ2) is 9.38. The van der Waals surface area contributed by atoms with Crippen LogP contribution >= 0.6 is 11.3 Å². The number of aromatic nitrogens is 2. The van der Waals surface area contributed by atoms with E-state index < -0.39 is 0 Å². The Kier molecular flexibility index (Phi) is 8.08. The normalized spacial score (nSPS) is 11.3. The van der Waals surface area contributed by atoms with Gasteiger partial charge in [-0.15, -0.1) is 10.2 Å². The Hall–Kier alpha value is -0.560. The van der Waals surface area contributed by atoms with E-state index in [0.29, 0.717) is 25.7 Å². The Bertz CT molecular complexity index is 318. The number of hydrogen-bond acceptors (Lipinski definition) is 6. The molecule has 0 fully saturated rings. The molecule has 18 heavy (non-hydrogen) atoms. The summed E-state index contributed by atoms with van der Waals surface area (Å²) >= 11 is 1.62. The highest BCUT2D eigenvalue weighted by atomic mass is 32.1. The maximum absolute atomic E-state index is 5.40. The van der Waals surface area contributed by atoms with Crippen LogP contribution in [0.5, 0.6) is 0 Å². The average molecular weight is 273 g/mol. The van der Waals surface area contributed by atoms with Crippen LogP contribution in [0.4, 0.5) is 0 Å². The van der Waals surface area contributed by atoms with Crippen molar-refractivity contribution < 1.29 is 9.47 Å². The topological polar surface area (TPSA) is 56.3 Å². The highest BCUT2D eigenvalue weighted by Gasteiger charge is 2.04. The molecule has 0 spiro atoms. The Morgan fingerprint density at radius 2 is 2.00 bits per heavy atom. The number of methoxy groups -OCH3 is 1. The fourth-order valence-corrected chi connectivity index (χ4v) is 2.12. The van der Waals surface area contributed by atoms with Gasteiger partial charge in [-0.05, 0) is 12.5 Å². The van der Waals surface area contributed by atoms with Gasteiger partial charge in [0.2, 0.25) is 0 Å². The molecule has 1 rings (SSSR count). The van der Waals surface area contributed by atoms with Gasteiger partial charge in [0.1, 0.15) is 16.6 Å². The highest BCUT2D eigenvalue weighted by Crippen LogP contribution is 2.11. The molecular weight excluding hydrogens is 250 g/mol. The summed E-state index contributed by atoms with van der Waals surface area (Å²) in [5.74, 6) is 0.684. The summed E-state index contributed by atoms with van der Waals surface area (Å²) in [7, 11) is 1.66. The van der Waals surface area contributed by atoms with Gasteiger partial charge < -0.3 is 14.8 Å². The van der Waals surface area contributed by atoms with Crippen LogP contribution in [-0.4, -0.2) is 43.6 Å². The zero-order chi connectivity index (χ0) is 13.2. The summed E-state index contributed by atoms with van der Waals surface area (Å²) in [6, 6.07) is 0. The maximum atomic E-state index is 5.40. The Labute approximate surface area is 113 Å². The summed E-state index contributed by atoms with van der Waals surface area (Å²) < 4.78 is 10.3. The van der Waals surface area contributed by atoms with Crippen molar-refractivity contribution in [1.82, 2.24) is 15.5 Å². The molecule has 0 atom stereocenters. The Morgan fingerprint density at radius 3 is 2.72 bits per heavy atom. The van der Waals surface area contributed by atoms with Crippen LogP contribution in [0.2, 0.25) is 0 Å². The van der Waals surface area contributed by atoms with Crippen molar-refractivity contribution in [3.8, 4) is 0 Å². The van der Waals surface area contributed by atoms with Gasteiger partial charge >= 0.3 is 0 Å². The molecule has 1 heterocycles. The molecule has 0 unspecified atom stereocenters. The predicted molar refractivity (Wildman–Crippen MR) is 72.9 cm³/mol. The Balaban J connectivity index is 2.13. The monoisotopic (exact) mass is 273 g/mol. The number of nitrogens with zero attached hydrogens (tertiary/aromatic N) is 2. The standard InChI is InChI=1S/C12H23N3O2S/c1-10(2)8-13-5-4-11-14-15-12(18-11)9-17-7-6-16-3/h10,13H,4-9H2,1-3H3. The first-order valence-corrected chi connectivity index (χ1v) is 7.12. The zero-order valence-electron chi connectivity index (χ0n) is 11.4. The van der Waals surface area contributed by atoms with Gasteiger partial charge in [-0.2, -0.15) is 0 Å². The minimum absolute atomic E-state index is 0.528. The fourth-order valence-electron chi connectivity index (χ4n) is 1.34. The smallest absolute Gasteiger partial charge is 0.143 e. The molecule has 104 valence electrons. The van der Waals surface area contributed by atoms with E-state index >= 15 is 0 Å². The first kappa shape index (κ1) is 15.5. The molecule has 6 heteroatoms. The lowest BCUT2D eigenvalue weighted by Crippen LogP contribution is -2.22. The first-order valence-electron chi connectivity index (χ1n) is 6.31. The van der Waals surface area contributed by atoms with Crippen LogP contribution in [0, 0.1) is 5.92 Å². The van der Waals surface area contributed by atoms with Crippen molar-refractivity contribution in [2.75, 3.05) is 33.4 Å². The van der Waals surface area contributed by atoms with Gasteiger partial charge in [-0.25, -0.2) is 0 Å². The molecule has 0 amide bonds. The van der Waals surface area contributed by atoms with Crippen LogP contribution in [0.1, 0.15) is 23.9 Å². The number of hydrogen-bond donors (Lipinski definition) is 1. The van der Waals surface area contributed by atoms with Gasteiger partial charge in [0.15, 0.2) is 0 Å². The molecule has 0 aliphatic heterocycles. The van der Waals surface area contributed by atoms with E-state index in [0.717, 1.165) is 29.5 Å². The third-order valence-corrected chi connectivity index (χ3v) is 3.19. The number of rotatable bonds is 10. The predicted octanol–water partition coefficient (Wildman–Crippen LogP) is 1.49. The maximum Gasteiger partial charge on any atom is 0.143 e. The lowest BCUT2D eigenvalue weighted by atomic mass is 10.2. The van der Waals surface area contributed by atoms with Crippen molar-refractivity contribution >= 4 is 11.3 Å². The molecule has 0 radical (unpaired) electrons. The van der Waals surface area contributed by atoms with Crippen LogP contribution in [-0.2, 0) is 22.5 Å². The van der Waals surface area contributed by atoms with Gasteiger partial charge in [0.25, 0.3) is 0 Å². The molecule has 0 aliphatic rings. The zero-order valence-corrected chi connectivity index (χ0v) is 12.3. The average Bonchev–Trinajstić information content (AvgIpc) is 2.78. The van der Waals surface area contributed by atoms with Crippen molar-refractivity contribution in [2.45, 2.75) is 26.9 Å². The molecule has 1 aromatic rings. The van der Waals surface area contributed by atoms with E-state index in [-0.39, 0.29) is 0 Å². The van der Waals surface area contributed by atoms with Crippen LogP contribution < -0.4 is 5.32 Å². The molecule has 0 aliphatic carbocycles. The van der Waals surface area contributed by atoms with E-state index in [1.165, 1.54) is 0 Å². The molecule has 1 aromatic heterocycles. The van der Waals surface area contributed by atoms with E-state index in [2.05, 4.69) is 29.4 Å². The van der Waals surface area contributed by atoms with Crippen LogP contribution in [0.3, 0.4) is 0 Å². The molecule has 5 nitrogen and oxygen atoms in total. The first-order chi connectivity index (χ1) is 8.72. The summed E-state index contributed by atoms with van der Waals surface area (Å²) in [5, 5.41) is 13.6. The van der Waals surface area contributed by atoms with Gasteiger partial charge in [0.05, 0.1) is 13.2 Å². The largest absolute Gasteiger partial charge is 0.382 e. The second-order valence-corrected chi connectivity index (χ2v) is 5.63. The third-order valence-electron chi connectivity index (χ3n) is 2.23. The van der Waals surface area contributed by atoms with E-state index in [1.807, 2.05) is 0 Å². The molecule has 0 saturated heterocycles. The van der Waals surface area contributed by atoms with E-state index in [4.69, 9.17) is 9.47 Å². The molecule has 1 N–H and O–H groups in total. The summed E-state index contributed by atoms with van der Waals surface area (Å²) in [5.41, 5.74) is 0. The molecule has 0 saturated carbocycles. The molecular formula is C12H23N3O2S. The van der Waals surface area contributed by atoms with Crippen LogP contribution in [0.25, 0.3) is 0 Å². The minimum Gasteiger partial charge on any atom is -0.382 e. The van der Waals surface area contributed by atoms with Gasteiger partial charge in [-0.1, -0.05) is 25.2 Å². The molecule has 0 aromatic carbocycles. The fraction of sp³-hybridized carbons (Fsp3) is 0.833. The quantitative estimate of drug-likeness (QED) is 0.655. The Morgan fingerprint density at radius 1 is 1.22 bits per heavy atom. The SMILES string of the molecule is COCCOCc1nnc(CCNCC(C)C)s1. The van der Waals surface area contributed by atoms with Gasteiger partial charge in [-0.3, -0.25) is 0 Å². The van der Waals surface area contributed by atoms with Crippen LogP contribution in [0.15, 0.2) is 0 Å². The van der Waals surface area contributed by atoms with E-state index in [9.17, 15) is 0 Å². The molecule has 0 bridgehead atoms. The van der Waals surface area contributed by atoms with Crippen molar-refractivity contribution in [1.29, 1.82) is 0 Å². The summed E-state index contributed by atoms with van der Waals surface area (Å²) in [6.45, 7) is 8.15. The van der Waals surface area contributed by atoms with Crippen molar-refractivity contribution in [2.24, 2.45) is 5.92 Å². The minimum atomic E-state index is 0.528. The van der Waals surface area contributed by atoms with E-state index in [1.54, 1.807) is 18.4 Å². The number of ether oxygens (including phenoxy) is 2. The number of nitrogens with one attached hydrogen (secondary N) is 1. The highest BCUT2D eigenvalue weighted by molar-refractivity contribution is 7.11. The van der Waals surface area contributed by atoms with Crippen molar-refractivity contribution in [3.05, 3.63) is 10.0 Å².